The standard InChI is InChI=1S/C13H16N2O2/c1-3-6-15-9(2)14-11-7-10(8-13(16)17)4-5-12(11)15/h4-5,7H,3,6,8H2,1-2H3,(H,16,17). The lowest BCUT2D eigenvalue weighted by Gasteiger charge is -2.04. The Balaban J connectivity index is 2.46. The van der Waals surface area contributed by atoms with Gasteiger partial charge in [0, 0.05) is 6.54 Å². The summed E-state index contributed by atoms with van der Waals surface area (Å²) in [6.07, 6.45) is 1.11. The lowest BCUT2D eigenvalue weighted by molar-refractivity contribution is -0.136. The van der Waals surface area contributed by atoms with Gasteiger partial charge in [-0.15, -0.1) is 0 Å². The van der Waals surface area contributed by atoms with Gasteiger partial charge in [0.25, 0.3) is 0 Å². The number of hydrogen-bond donors (Lipinski definition) is 1. The molecule has 0 saturated carbocycles. The number of imidazole rings is 1. The number of aliphatic carboxylic acids is 1. The van der Waals surface area contributed by atoms with Crippen molar-refractivity contribution in [3.63, 3.8) is 0 Å². The summed E-state index contributed by atoms with van der Waals surface area (Å²) in [5.41, 5.74) is 2.76. The van der Waals surface area contributed by atoms with Crippen LogP contribution in [-0.4, -0.2) is 20.6 Å². The van der Waals surface area contributed by atoms with Crippen LogP contribution in [0.25, 0.3) is 11.0 Å². The highest BCUT2D eigenvalue weighted by Gasteiger charge is 2.08. The first-order valence-electron chi connectivity index (χ1n) is 5.79. The molecule has 4 nitrogen and oxygen atoms in total. The highest BCUT2D eigenvalue weighted by Crippen LogP contribution is 2.18. The van der Waals surface area contributed by atoms with Crippen LogP contribution in [0.4, 0.5) is 0 Å². The van der Waals surface area contributed by atoms with Gasteiger partial charge in [-0.1, -0.05) is 13.0 Å². The lowest BCUT2D eigenvalue weighted by Crippen LogP contribution is -2.00. The fraction of sp³-hybridized carbons (Fsp3) is 0.385. The fourth-order valence-electron chi connectivity index (χ4n) is 2.09. The van der Waals surface area contributed by atoms with E-state index in [1.54, 1.807) is 0 Å². The van der Waals surface area contributed by atoms with Crippen molar-refractivity contribution in [2.45, 2.75) is 33.2 Å². The molecule has 0 bridgehead atoms. The molecule has 1 aromatic carbocycles. The van der Waals surface area contributed by atoms with E-state index >= 15 is 0 Å². The monoisotopic (exact) mass is 232 g/mol. The summed E-state index contributed by atoms with van der Waals surface area (Å²) in [7, 11) is 0. The summed E-state index contributed by atoms with van der Waals surface area (Å²) in [5, 5.41) is 8.76. The van der Waals surface area contributed by atoms with E-state index in [2.05, 4.69) is 16.5 Å². The van der Waals surface area contributed by atoms with Crippen LogP contribution >= 0.6 is 0 Å². The molecule has 1 aromatic heterocycles. The van der Waals surface area contributed by atoms with Crippen LogP contribution in [-0.2, 0) is 17.8 Å². The number of carboxylic acid groups (broad SMARTS) is 1. The minimum Gasteiger partial charge on any atom is -0.481 e. The Kier molecular flexibility index (Phi) is 3.13. The second-order valence-electron chi connectivity index (χ2n) is 4.20. The predicted molar refractivity (Wildman–Crippen MR) is 66.1 cm³/mol. The molecule has 2 rings (SSSR count). The molecular weight excluding hydrogens is 216 g/mol. The van der Waals surface area contributed by atoms with Crippen LogP contribution in [0.2, 0.25) is 0 Å². The predicted octanol–water partition coefficient (Wildman–Crippen LogP) is 2.38. The maximum atomic E-state index is 10.7. The lowest BCUT2D eigenvalue weighted by atomic mass is 10.1. The van der Waals surface area contributed by atoms with Crippen molar-refractivity contribution in [2.24, 2.45) is 0 Å². The zero-order chi connectivity index (χ0) is 12.4. The summed E-state index contributed by atoms with van der Waals surface area (Å²) in [6.45, 7) is 5.05. The number of carbonyl (C=O) groups is 1. The molecule has 0 aliphatic carbocycles. The van der Waals surface area contributed by atoms with Crippen molar-refractivity contribution in [3.05, 3.63) is 29.6 Å². The quantitative estimate of drug-likeness (QED) is 0.880. The molecule has 1 heterocycles. The largest absolute Gasteiger partial charge is 0.481 e. The molecule has 17 heavy (non-hydrogen) atoms. The number of hydrogen-bond acceptors (Lipinski definition) is 2. The molecule has 0 saturated heterocycles. The van der Waals surface area contributed by atoms with Gasteiger partial charge in [0.1, 0.15) is 5.82 Å². The Morgan fingerprint density at radius 1 is 1.47 bits per heavy atom. The van der Waals surface area contributed by atoms with Crippen LogP contribution in [0.5, 0.6) is 0 Å². The second-order valence-corrected chi connectivity index (χ2v) is 4.20. The van der Waals surface area contributed by atoms with E-state index in [9.17, 15) is 4.79 Å². The van der Waals surface area contributed by atoms with Crippen molar-refractivity contribution in [3.8, 4) is 0 Å². The SMILES string of the molecule is CCCn1c(C)nc2cc(CC(=O)O)ccc21. The molecule has 4 heteroatoms. The number of benzene rings is 1. The van der Waals surface area contributed by atoms with Crippen molar-refractivity contribution >= 4 is 17.0 Å². The summed E-state index contributed by atoms with van der Waals surface area (Å²) < 4.78 is 2.17. The second kappa shape index (κ2) is 4.57. The van der Waals surface area contributed by atoms with Gasteiger partial charge in [-0.2, -0.15) is 0 Å². The normalized spacial score (nSPS) is 10.9. The molecule has 0 fully saturated rings. The van der Waals surface area contributed by atoms with E-state index in [0.29, 0.717) is 0 Å². The van der Waals surface area contributed by atoms with E-state index in [1.807, 2.05) is 25.1 Å². The van der Waals surface area contributed by atoms with Crippen LogP contribution in [0.15, 0.2) is 18.2 Å². The van der Waals surface area contributed by atoms with Crippen molar-refractivity contribution in [2.75, 3.05) is 0 Å². The minimum atomic E-state index is -0.811. The molecule has 0 unspecified atom stereocenters. The maximum absolute atomic E-state index is 10.7. The van der Waals surface area contributed by atoms with Gasteiger partial charge in [-0.05, 0) is 31.0 Å². The number of nitrogens with zero attached hydrogens (tertiary/aromatic N) is 2. The molecule has 90 valence electrons. The van der Waals surface area contributed by atoms with Crippen LogP contribution in [0, 0.1) is 6.92 Å². The number of carboxylic acids is 1. The molecule has 0 radical (unpaired) electrons. The Morgan fingerprint density at radius 3 is 2.88 bits per heavy atom. The molecule has 0 aliphatic rings. The molecule has 0 amide bonds. The average Bonchev–Trinajstić information content (AvgIpc) is 2.54. The molecule has 2 aromatic rings. The third-order valence-corrected chi connectivity index (χ3v) is 2.81. The molecule has 0 spiro atoms. The third kappa shape index (κ3) is 2.30. The number of aryl methyl sites for hydroxylation is 2. The van der Waals surface area contributed by atoms with Crippen molar-refractivity contribution < 1.29 is 9.90 Å². The maximum Gasteiger partial charge on any atom is 0.307 e. The highest BCUT2D eigenvalue weighted by atomic mass is 16.4. The zero-order valence-corrected chi connectivity index (χ0v) is 10.1. The Morgan fingerprint density at radius 2 is 2.24 bits per heavy atom. The molecule has 0 atom stereocenters. The van der Waals surface area contributed by atoms with Gasteiger partial charge in [0.05, 0.1) is 17.5 Å². The van der Waals surface area contributed by atoms with E-state index < -0.39 is 5.97 Å². The zero-order valence-electron chi connectivity index (χ0n) is 10.1. The van der Waals surface area contributed by atoms with Crippen LogP contribution in [0.3, 0.4) is 0 Å². The summed E-state index contributed by atoms with van der Waals surface area (Å²) >= 11 is 0. The van der Waals surface area contributed by atoms with Gasteiger partial charge in [0.15, 0.2) is 0 Å². The van der Waals surface area contributed by atoms with Crippen LogP contribution in [0.1, 0.15) is 24.7 Å². The number of fused-ring (bicyclic) bond motifs is 1. The first kappa shape index (κ1) is 11.6. The fourth-order valence-corrected chi connectivity index (χ4v) is 2.09. The van der Waals surface area contributed by atoms with Crippen molar-refractivity contribution in [1.82, 2.24) is 9.55 Å². The highest BCUT2D eigenvalue weighted by molar-refractivity contribution is 5.79. The molecule has 1 N–H and O–H groups in total. The van der Waals surface area contributed by atoms with Gasteiger partial charge in [-0.25, -0.2) is 4.98 Å². The van der Waals surface area contributed by atoms with E-state index in [4.69, 9.17) is 5.11 Å². The molecular formula is C13H16N2O2. The first-order valence-corrected chi connectivity index (χ1v) is 5.79. The summed E-state index contributed by atoms with van der Waals surface area (Å²) in [6, 6.07) is 5.69. The van der Waals surface area contributed by atoms with Gasteiger partial charge in [0.2, 0.25) is 0 Å². The minimum absolute atomic E-state index is 0.0512. The van der Waals surface area contributed by atoms with Gasteiger partial charge in [-0.3, -0.25) is 4.79 Å². The Bertz CT molecular complexity index is 558. The van der Waals surface area contributed by atoms with Crippen molar-refractivity contribution in [1.29, 1.82) is 0 Å². The topological polar surface area (TPSA) is 55.1 Å². The average molecular weight is 232 g/mol. The van der Waals surface area contributed by atoms with Gasteiger partial charge < -0.3 is 9.67 Å². The van der Waals surface area contributed by atoms with E-state index in [0.717, 1.165) is 35.4 Å². The third-order valence-electron chi connectivity index (χ3n) is 2.81. The smallest absolute Gasteiger partial charge is 0.307 e. The van der Waals surface area contributed by atoms with Gasteiger partial charge >= 0.3 is 5.97 Å². The Labute approximate surface area is 99.9 Å². The summed E-state index contributed by atoms with van der Waals surface area (Å²) in [4.78, 5) is 15.1. The first-order chi connectivity index (χ1) is 8.11. The summed E-state index contributed by atoms with van der Waals surface area (Å²) in [5.74, 6) is 0.170. The number of aromatic nitrogens is 2. The molecule has 0 aliphatic heterocycles. The van der Waals surface area contributed by atoms with Crippen LogP contribution < -0.4 is 0 Å². The number of rotatable bonds is 4. The van der Waals surface area contributed by atoms with E-state index in [-0.39, 0.29) is 6.42 Å². The Hall–Kier alpha value is -1.84. The van der Waals surface area contributed by atoms with E-state index in [1.165, 1.54) is 0 Å².